The van der Waals surface area contributed by atoms with Gasteiger partial charge in [0.25, 0.3) is 0 Å². The van der Waals surface area contributed by atoms with Crippen molar-refractivity contribution >= 4 is 23.2 Å². The lowest BCUT2D eigenvalue weighted by molar-refractivity contribution is -0.141. The number of nitrogens with zero attached hydrogens (tertiary/aromatic N) is 2. The van der Waals surface area contributed by atoms with Gasteiger partial charge in [-0.1, -0.05) is 30.7 Å². The van der Waals surface area contributed by atoms with Crippen molar-refractivity contribution in [2.75, 3.05) is 13.6 Å². The maximum absolute atomic E-state index is 13.1. The van der Waals surface area contributed by atoms with Crippen molar-refractivity contribution in [2.24, 2.45) is 5.92 Å². The first kappa shape index (κ1) is 21.9. The lowest BCUT2D eigenvalue weighted by Crippen LogP contribution is -2.55. The number of aliphatic hydroxyl groups excluding tert-OH is 1. The number of rotatable bonds is 7. The van der Waals surface area contributed by atoms with Gasteiger partial charge in [-0.2, -0.15) is 0 Å². The second-order valence-electron chi connectivity index (χ2n) is 8.53. The number of hydrogen-bond acceptors (Lipinski definition) is 6. The quantitative estimate of drug-likeness (QED) is 0.610. The van der Waals surface area contributed by atoms with E-state index in [9.17, 15) is 14.7 Å². The highest BCUT2D eigenvalue weighted by Crippen LogP contribution is 2.32. The highest BCUT2D eigenvalue weighted by Gasteiger charge is 2.43. The van der Waals surface area contributed by atoms with Crippen molar-refractivity contribution in [1.29, 1.82) is 0 Å². The molecule has 0 radical (unpaired) electrons. The molecule has 3 N–H and O–H groups in total. The molecule has 2 fully saturated rings. The molecule has 8 heteroatoms. The number of aromatic nitrogens is 1. The fourth-order valence-electron chi connectivity index (χ4n) is 4.48. The van der Waals surface area contributed by atoms with E-state index >= 15 is 0 Å². The summed E-state index contributed by atoms with van der Waals surface area (Å²) in [5, 5.41) is 16.2. The highest BCUT2D eigenvalue weighted by molar-refractivity contribution is 7.13. The number of likely N-dealkylation sites (N-methyl/N-ethyl adjacent to an activating group) is 1. The Labute approximate surface area is 186 Å². The molecule has 2 heterocycles. The molecule has 0 bridgehead atoms. The number of β-amino-alcohol motifs (C(OH)–C–C–N with tert-alkyl or cyclic N) is 1. The number of nitrogens with one attached hydrogen (secondary N) is 2. The Morgan fingerprint density at radius 1 is 1.29 bits per heavy atom. The third kappa shape index (κ3) is 4.66. The van der Waals surface area contributed by atoms with E-state index in [1.807, 2.05) is 36.7 Å². The summed E-state index contributed by atoms with van der Waals surface area (Å²) >= 11 is 1.61. The number of hydrogen-bond donors (Lipinski definition) is 3. The highest BCUT2D eigenvalue weighted by atomic mass is 32.1. The number of thiazole rings is 1. The zero-order valence-electron chi connectivity index (χ0n) is 18.0. The number of amides is 2. The topological polar surface area (TPSA) is 94.6 Å². The van der Waals surface area contributed by atoms with Gasteiger partial charge in [0.05, 0.1) is 28.2 Å². The Morgan fingerprint density at radius 2 is 2.03 bits per heavy atom. The SMILES string of the molecule is CNC(C(=O)N1C[C@H](O)CC1C(=O)NCc1ccc(-c2scnc2C)cc1)C1CCC1. The van der Waals surface area contributed by atoms with Crippen LogP contribution in [-0.4, -0.2) is 58.6 Å². The molecule has 2 aromatic rings. The van der Waals surface area contributed by atoms with Gasteiger partial charge in [0.1, 0.15) is 6.04 Å². The number of carbonyl (C=O) groups excluding carboxylic acids is 2. The fraction of sp³-hybridized carbons (Fsp3) is 0.522. The van der Waals surface area contributed by atoms with E-state index in [4.69, 9.17) is 0 Å². The molecule has 0 spiro atoms. The molecule has 4 rings (SSSR count). The molecule has 1 aromatic heterocycles. The van der Waals surface area contributed by atoms with E-state index in [1.165, 1.54) is 0 Å². The van der Waals surface area contributed by atoms with Gasteiger partial charge >= 0.3 is 0 Å². The van der Waals surface area contributed by atoms with Crippen LogP contribution in [-0.2, 0) is 16.1 Å². The van der Waals surface area contributed by atoms with Crippen LogP contribution in [0.25, 0.3) is 10.4 Å². The molecule has 2 unspecified atom stereocenters. The predicted octanol–water partition coefficient (Wildman–Crippen LogP) is 2.08. The standard InChI is InChI=1S/C23H30N4O3S/c1-14-21(31-13-26-14)17-8-6-15(7-9-17)11-25-22(29)19-10-18(28)12-27(19)23(30)20(24-2)16-4-3-5-16/h6-9,13,16,18-20,24,28H,3-5,10-12H2,1-2H3,(H,25,29)/t18-,19?,20?/m1/s1. The summed E-state index contributed by atoms with van der Waals surface area (Å²) in [6.45, 7) is 2.59. The van der Waals surface area contributed by atoms with E-state index in [2.05, 4.69) is 15.6 Å². The smallest absolute Gasteiger partial charge is 0.243 e. The summed E-state index contributed by atoms with van der Waals surface area (Å²) in [5.74, 6) is 0.0311. The molecule has 1 aliphatic carbocycles. The van der Waals surface area contributed by atoms with Gasteiger partial charge in [0.15, 0.2) is 0 Å². The van der Waals surface area contributed by atoms with Crippen LogP contribution in [0.3, 0.4) is 0 Å². The van der Waals surface area contributed by atoms with Gasteiger partial charge in [-0.05, 0) is 43.9 Å². The molecule has 2 aliphatic rings. The first-order chi connectivity index (χ1) is 15.0. The zero-order valence-corrected chi connectivity index (χ0v) is 18.8. The van der Waals surface area contributed by atoms with Gasteiger partial charge in [-0.3, -0.25) is 9.59 Å². The fourth-order valence-corrected chi connectivity index (χ4v) is 5.29. The van der Waals surface area contributed by atoms with Gasteiger partial charge in [0.2, 0.25) is 11.8 Å². The van der Waals surface area contributed by atoms with Gasteiger partial charge in [-0.25, -0.2) is 4.98 Å². The van der Waals surface area contributed by atoms with Crippen LogP contribution >= 0.6 is 11.3 Å². The number of benzene rings is 1. The van der Waals surface area contributed by atoms with Crippen LogP contribution in [0.2, 0.25) is 0 Å². The molecule has 166 valence electrons. The minimum atomic E-state index is -0.666. The summed E-state index contributed by atoms with van der Waals surface area (Å²) < 4.78 is 0. The van der Waals surface area contributed by atoms with Gasteiger partial charge < -0.3 is 20.6 Å². The van der Waals surface area contributed by atoms with Crippen molar-refractivity contribution in [3.8, 4) is 10.4 Å². The Balaban J connectivity index is 1.37. The normalized spacial score (nSPS) is 22.2. The summed E-state index contributed by atoms with van der Waals surface area (Å²) in [6, 6.07) is 7.15. The number of likely N-dealkylation sites (tertiary alicyclic amines) is 1. The van der Waals surface area contributed by atoms with Crippen molar-refractivity contribution < 1.29 is 14.7 Å². The van der Waals surface area contributed by atoms with E-state index in [0.29, 0.717) is 12.5 Å². The Bertz CT molecular complexity index is 925. The van der Waals surface area contributed by atoms with Crippen LogP contribution in [0.1, 0.15) is 36.9 Å². The Morgan fingerprint density at radius 3 is 2.61 bits per heavy atom. The van der Waals surface area contributed by atoms with Crippen molar-refractivity contribution in [3.63, 3.8) is 0 Å². The second-order valence-corrected chi connectivity index (χ2v) is 9.39. The molecule has 31 heavy (non-hydrogen) atoms. The molecule has 1 saturated heterocycles. The van der Waals surface area contributed by atoms with Gasteiger partial charge in [-0.15, -0.1) is 11.3 Å². The zero-order chi connectivity index (χ0) is 22.0. The number of carbonyl (C=O) groups is 2. The summed E-state index contributed by atoms with van der Waals surface area (Å²) in [6.07, 6.45) is 2.82. The lowest BCUT2D eigenvalue weighted by Gasteiger charge is -2.36. The first-order valence-electron chi connectivity index (χ1n) is 10.9. The van der Waals surface area contributed by atoms with E-state index in [0.717, 1.165) is 41.0 Å². The van der Waals surface area contributed by atoms with E-state index in [-0.39, 0.29) is 30.8 Å². The molecular formula is C23H30N4O3S. The maximum Gasteiger partial charge on any atom is 0.243 e. The van der Waals surface area contributed by atoms with Crippen LogP contribution in [0, 0.1) is 12.8 Å². The third-order valence-electron chi connectivity index (χ3n) is 6.49. The second kappa shape index (κ2) is 9.46. The summed E-state index contributed by atoms with van der Waals surface area (Å²) in [4.78, 5) is 33.0. The van der Waals surface area contributed by atoms with Crippen LogP contribution in [0.5, 0.6) is 0 Å². The maximum atomic E-state index is 13.1. The summed E-state index contributed by atoms with van der Waals surface area (Å²) in [5.41, 5.74) is 4.95. The van der Waals surface area contributed by atoms with Crippen LogP contribution < -0.4 is 10.6 Å². The van der Waals surface area contributed by atoms with Gasteiger partial charge in [0, 0.05) is 19.5 Å². The Hall–Kier alpha value is -2.29. The molecule has 3 atom stereocenters. The Kier molecular flexibility index (Phi) is 6.69. The lowest BCUT2D eigenvalue weighted by atomic mass is 9.79. The van der Waals surface area contributed by atoms with Crippen molar-refractivity contribution in [2.45, 2.75) is 57.3 Å². The summed E-state index contributed by atoms with van der Waals surface area (Å²) in [7, 11) is 1.79. The molecular weight excluding hydrogens is 412 g/mol. The number of aryl methyl sites for hydroxylation is 1. The molecule has 1 aliphatic heterocycles. The average molecular weight is 443 g/mol. The minimum Gasteiger partial charge on any atom is -0.391 e. The number of aliphatic hydroxyl groups is 1. The monoisotopic (exact) mass is 442 g/mol. The molecule has 7 nitrogen and oxygen atoms in total. The third-order valence-corrected chi connectivity index (χ3v) is 7.47. The van der Waals surface area contributed by atoms with E-state index in [1.54, 1.807) is 23.3 Å². The largest absolute Gasteiger partial charge is 0.391 e. The molecule has 2 amide bonds. The van der Waals surface area contributed by atoms with Crippen molar-refractivity contribution in [3.05, 3.63) is 41.0 Å². The predicted molar refractivity (Wildman–Crippen MR) is 120 cm³/mol. The first-order valence-corrected chi connectivity index (χ1v) is 11.8. The molecule has 1 saturated carbocycles. The van der Waals surface area contributed by atoms with E-state index < -0.39 is 12.1 Å². The minimum absolute atomic E-state index is 0.0758. The van der Waals surface area contributed by atoms with Crippen LogP contribution in [0.4, 0.5) is 0 Å². The van der Waals surface area contributed by atoms with Crippen LogP contribution in [0.15, 0.2) is 29.8 Å². The molecule has 1 aromatic carbocycles. The van der Waals surface area contributed by atoms with Crippen molar-refractivity contribution in [1.82, 2.24) is 20.5 Å². The average Bonchev–Trinajstić information content (AvgIpc) is 3.34.